The maximum atomic E-state index is 12.8. The minimum Gasteiger partial charge on any atom is -0.383 e. The van der Waals surface area contributed by atoms with E-state index in [1.807, 2.05) is 0 Å². The summed E-state index contributed by atoms with van der Waals surface area (Å²) < 4.78 is 3.60. The molecule has 2 N–H and O–H groups in total. The van der Waals surface area contributed by atoms with E-state index in [2.05, 4.69) is 10.6 Å². The maximum Gasteiger partial charge on any atom is 0.252 e. The number of carbonyl (C=O) groups is 2. The molecule has 2 aromatic carbocycles. The van der Waals surface area contributed by atoms with Crippen LogP contribution in [0.3, 0.4) is 0 Å². The topological polar surface area (TPSA) is 67.4 Å². The van der Waals surface area contributed by atoms with E-state index < -0.39 is 22.1 Å². The molecule has 10 heteroatoms. The second kappa shape index (κ2) is 9.51. The maximum absolute atomic E-state index is 12.8. The van der Waals surface area contributed by atoms with Gasteiger partial charge in [-0.1, -0.05) is 34.8 Å². The fraction of sp³-hybridized carbons (Fsp3) is 0.300. The molecule has 5 nitrogen and oxygen atoms in total. The van der Waals surface area contributed by atoms with Gasteiger partial charge in [-0.15, -0.1) is 23.2 Å². The van der Waals surface area contributed by atoms with Gasteiger partial charge in [0, 0.05) is 35.3 Å². The zero-order chi connectivity index (χ0) is 22.1. The zero-order valence-corrected chi connectivity index (χ0v) is 19.4. The van der Waals surface area contributed by atoms with Gasteiger partial charge >= 0.3 is 0 Å². The van der Waals surface area contributed by atoms with Crippen molar-refractivity contribution in [3.63, 3.8) is 0 Å². The molecule has 0 radical (unpaired) electrons. The van der Waals surface area contributed by atoms with Gasteiger partial charge in [0.1, 0.15) is 4.33 Å². The van der Waals surface area contributed by atoms with Gasteiger partial charge in [-0.25, -0.2) is 0 Å². The van der Waals surface area contributed by atoms with E-state index in [4.69, 9.17) is 62.7 Å². The monoisotopic (exact) mass is 508 g/mol. The van der Waals surface area contributed by atoms with Gasteiger partial charge in [0.05, 0.1) is 23.1 Å². The quantitative estimate of drug-likeness (QED) is 0.379. The van der Waals surface area contributed by atoms with E-state index in [0.29, 0.717) is 34.4 Å². The minimum atomic E-state index is -1.30. The molecule has 160 valence electrons. The fourth-order valence-electron chi connectivity index (χ4n) is 3.18. The molecule has 1 saturated carbocycles. The molecule has 0 bridgehead atoms. The number of hydrogen-bond acceptors (Lipinski definition) is 3. The molecule has 0 saturated heterocycles. The number of anilines is 1. The normalized spacial score (nSPS) is 19.3. The number of amides is 2. The van der Waals surface area contributed by atoms with Gasteiger partial charge < -0.3 is 15.4 Å². The molecule has 0 aromatic heterocycles. The number of rotatable bonds is 7. The first-order valence-electron chi connectivity index (χ1n) is 8.86. The molecule has 30 heavy (non-hydrogen) atoms. The lowest BCUT2D eigenvalue weighted by Crippen LogP contribution is -2.27. The summed E-state index contributed by atoms with van der Waals surface area (Å²) in [5.74, 6) is -1.96. The lowest BCUT2D eigenvalue weighted by Gasteiger charge is -2.10. The zero-order valence-electron chi connectivity index (χ0n) is 15.6. The van der Waals surface area contributed by atoms with Gasteiger partial charge in [0.25, 0.3) is 5.91 Å². The third kappa shape index (κ3) is 5.16. The van der Waals surface area contributed by atoms with Crippen molar-refractivity contribution >= 4 is 75.5 Å². The molecule has 0 heterocycles. The summed E-state index contributed by atoms with van der Waals surface area (Å²) in [4.78, 5) is 25.1. The van der Waals surface area contributed by atoms with Crippen LogP contribution in [0.1, 0.15) is 21.8 Å². The molecule has 3 rings (SSSR count). The van der Waals surface area contributed by atoms with Gasteiger partial charge in [0.15, 0.2) is 0 Å². The Morgan fingerprint density at radius 2 is 1.73 bits per heavy atom. The lowest BCUT2D eigenvalue weighted by atomic mass is 10.1. The second-order valence-corrected chi connectivity index (χ2v) is 9.49. The molecular weight excluding hydrogens is 493 g/mol. The Kier molecular flexibility index (Phi) is 7.44. The third-order valence-electron chi connectivity index (χ3n) is 4.65. The van der Waals surface area contributed by atoms with Crippen LogP contribution in [0.5, 0.6) is 0 Å². The third-order valence-corrected chi connectivity index (χ3v) is 6.36. The fourth-order valence-corrected chi connectivity index (χ4v) is 4.76. The van der Waals surface area contributed by atoms with Gasteiger partial charge in [-0.3, -0.25) is 9.59 Å². The number of carbonyl (C=O) groups excluding carboxylic acids is 2. The van der Waals surface area contributed by atoms with Crippen LogP contribution in [0.2, 0.25) is 15.1 Å². The number of hydrogen-bond donors (Lipinski definition) is 2. The summed E-state index contributed by atoms with van der Waals surface area (Å²) >= 11 is 31.0. The van der Waals surface area contributed by atoms with E-state index in [1.54, 1.807) is 24.3 Å². The van der Waals surface area contributed by atoms with Crippen LogP contribution in [0.4, 0.5) is 5.69 Å². The molecule has 1 fully saturated rings. The van der Waals surface area contributed by atoms with Gasteiger partial charge in [-0.05, 0) is 42.0 Å². The number of benzene rings is 2. The van der Waals surface area contributed by atoms with Crippen LogP contribution in [-0.2, 0) is 9.53 Å². The summed E-state index contributed by atoms with van der Waals surface area (Å²) in [6.45, 7) is 0.694. The SMILES string of the molecule is COCCNC(=O)c1cc(NC(=O)[C@H]2[C@H](c3cc(Cl)cc(Cl)c3)C2(Cl)Cl)ccc1Cl. The minimum absolute atomic E-state index is 0.225. The molecule has 1 aliphatic rings. The Bertz CT molecular complexity index is 963. The Morgan fingerprint density at radius 1 is 1.07 bits per heavy atom. The van der Waals surface area contributed by atoms with E-state index in [9.17, 15) is 9.59 Å². The van der Waals surface area contributed by atoms with Crippen molar-refractivity contribution in [2.45, 2.75) is 10.3 Å². The predicted molar refractivity (Wildman–Crippen MR) is 121 cm³/mol. The lowest BCUT2D eigenvalue weighted by molar-refractivity contribution is -0.117. The van der Waals surface area contributed by atoms with Crippen LogP contribution in [0.25, 0.3) is 0 Å². The van der Waals surface area contributed by atoms with Crippen molar-refractivity contribution < 1.29 is 14.3 Å². The molecule has 2 amide bonds. The standard InChI is InChI=1S/C20H17Cl5N2O3/c1-30-5-4-26-18(28)14-9-13(2-3-15(14)23)27-19(29)17-16(20(17,24)25)10-6-11(21)8-12(22)7-10/h2-3,6-9,16-17H,4-5H2,1H3,(H,26,28)(H,27,29)/t16-,17+/m0/s1. The summed E-state index contributed by atoms with van der Waals surface area (Å²) in [5, 5.41) is 6.53. The first kappa shape index (κ1) is 23.5. The Morgan fingerprint density at radius 3 is 2.37 bits per heavy atom. The van der Waals surface area contributed by atoms with Crippen LogP contribution in [0.15, 0.2) is 36.4 Å². The van der Waals surface area contributed by atoms with Crippen LogP contribution in [0, 0.1) is 5.92 Å². The van der Waals surface area contributed by atoms with Crippen molar-refractivity contribution in [2.24, 2.45) is 5.92 Å². The van der Waals surface area contributed by atoms with Crippen molar-refractivity contribution in [1.82, 2.24) is 5.32 Å². The average molecular weight is 511 g/mol. The number of alkyl halides is 2. The second-order valence-electron chi connectivity index (χ2n) is 6.77. The van der Waals surface area contributed by atoms with Crippen LogP contribution >= 0.6 is 58.0 Å². The Labute approximate surface area is 198 Å². The van der Waals surface area contributed by atoms with E-state index in [0.717, 1.165) is 0 Å². The highest BCUT2D eigenvalue weighted by Gasteiger charge is 2.67. The van der Waals surface area contributed by atoms with Crippen molar-refractivity contribution in [1.29, 1.82) is 0 Å². The summed E-state index contributed by atoms with van der Waals surface area (Å²) in [6, 6.07) is 9.54. The highest BCUT2D eigenvalue weighted by atomic mass is 35.5. The van der Waals surface area contributed by atoms with E-state index in [1.165, 1.54) is 19.2 Å². The highest BCUT2D eigenvalue weighted by Crippen LogP contribution is 2.65. The predicted octanol–water partition coefficient (Wildman–Crippen LogP) is 5.55. The van der Waals surface area contributed by atoms with Gasteiger partial charge in [0.2, 0.25) is 5.91 Å². The summed E-state index contributed by atoms with van der Waals surface area (Å²) in [6.07, 6.45) is 0. The van der Waals surface area contributed by atoms with Gasteiger partial charge in [-0.2, -0.15) is 0 Å². The number of halogens is 5. The first-order chi connectivity index (χ1) is 14.1. The number of methoxy groups -OCH3 is 1. The van der Waals surface area contributed by atoms with E-state index in [-0.39, 0.29) is 16.5 Å². The summed E-state index contributed by atoms with van der Waals surface area (Å²) in [5.41, 5.74) is 1.29. The van der Waals surface area contributed by atoms with Crippen LogP contribution < -0.4 is 10.6 Å². The number of nitrogens with one attached hydrogen (secondary N) is 2. The molecule has 2 aromatic rings. The molecule has 1 aliphatic carbocycles. The van der Waals surface area contributed by atoms with Crippen molar-refractivity contribution in [3.05, 3.63) is 62.6 Å². The molecule has 0 aliphatic heterocycles. The smallest absolute Gasteiger partial charge is 0.252 e. The molecule has 2 atom stereocenters. The Hall–Kier alpha value is -1.21. The Balaban J connectivity index is 1.74. The molecule has 0 unspecified atom stereocenters. The molecule has 0 spiro atoms. The van der Waals surface area contributed by atoms with E-state index >= 15 is 0 Å². The number of ether oxygens (including phenoxy) is 1. The highest BCUT2D eigenvalue weighted by molar-refractivity contribution is 6.53. The largest absolute Gasteiger partial charge is 0.383 e. The average Bonchev–Trinajstić information content (AvgIpc) is 3.25. The van der Waals surface area contributed by atoms with Crippen LogP contribution in [-0.4, -0.2) is 36.4 Å². The first-order valence-corrected chi connectivity index (χ1v) is 10.8. The summed E-state index contributed by atoms with van der Waals surface area (Å²) in [7, 11) is 1.53. The van der Waals surface area contributed by atoms with Crippen molar-refractivity contribution in [2.75, 3.05) is 25.6 Å². The van der Waals surface area contributed by atoms with Crippen molar-refractivity contribution in [3.8, 4) is 0 Å². The molecular formula is C20H17Cl5N2O3.